The molecular weight excluding hydrogens is 302 g/mol. The smallest absolute Gasteiger partial charge is 0.371 e. The highest BCUT2D eigenvalue weighted by Gasteiger charge is 2.16. The topological polar surface area (TPSA) is 121 Å². The molecule has 0 atom stereocenters. The van der Waals surface area contributed by atoms with E-state index in [1.165, 1.54) is 18.6 Å². The minimum atomic E-state index is -1.16. The quantitative estimate of drug-likeness (QED) is 0.627. The summed E-state index contributed by atoms with van der Waals surface area (Å²) in [5.41, 5.74) is 0. The zero-order chi connectivity index (χ0) is 16.7. The number of aromatic carboxylic acids is 1. The number of carbonyl (C=O) groups is 3. The molecule has 3 amide bonds. The molecule has 1 aliphatic rings. The number of hydrogen-bond acceptors (Lipinski definition) is 4. The third kappa shape index (κ3) is 5.65. The van der Waals surface area contributed by atoms with Gasteiger partial charge in [-0.2, -0.15) is 0 Å². The molecule has 0 radical (unpaired) electrons. The van der Waals surface area contributed by atoms with Crippen LogP contribution in [0, 0.1) is 0 Å². The number of carboxylic acid groups (broad SMARTS) is 1. The second-order valence-corrected chi connectivity index (χ2v) is 5.51. The summed E-state index contributed by atoms with van der Waals surface area (Å²) in [4.78, 5) is 34.0. The van der Waals surface area contributed by atoms with Gasteiger partial charge in [0.2, 0.25) is 11.7 Å². The Morgan fingerprint density at radius 1 is 1.13 bits per heavy atom. The lowest BCUT2D eigenvalue weighted by atomic mass is 9.96. The maximum atomic E-state index is 11.7. The van der Waals surface area contributed by atoms with E-state index in [0.29, 0.717) is 5.76 Å². The Labute approximate surface area is 133 Å². The van der Waals surface area contributed by atoms with Gasteiger partial charge in [-0.15, -0.1) is 0 Å². The predicted molar refractivity (Wildman–Crippen MR) is 80.9 cm³/mol. The normalized spacial score (nSPS) is 15.0. The fraction of sp³-hybridized carbons (Fsp3) is 0.533. The van der Waals surface area contributed by atoms with Crippen LogP contribution in [0.2, 0.25) is 0 Å². The Bertz CT molecular complexity index is 563. The average molecular weight is 323 g/mol. The number of urea groups is 1. The Morgan fingerprint density at radius 3 is 2.52 bits per heavy atom. The lowest BCUT2D eigenvalue weighted by Gasteiger charge is -2.22. The van der Waals surface area contributed by atoms with Gasteiger partial charge in [0.05, 0.1) is 13.1 Å². The number of amides is 3. The van der Waals surface area contributed by atoms with Gasteiger partial charge in [-0.25, -0.2) is 9.59 Å². The maximum absolute atomic E-state index is 11.7. The van der Waals surface area contributed by atoms with E-state index in [1.54, 1.807) is 0 Å². The number of furan rings is 1. The average Bonchev–Trinajstić information content (AvgIpc) is 3.01. The third-order valence-electron chi connectivity index (χ3n) is 3.68. The molecule has 0 saturated heterocycles. The van der Waals surface area contributed by atoms with Gasteiger partial charge in [-0.05, 0) is 25.0 Å². The van der Waals surface area contributed by atoms with Crippen LogP contribution in [0.4, 0.5) is 4.79 Å². The molecule has 1 aromatic rings. The van der Waals surface area contributed by atoms with Crippen LogP contribution in [0.15, 0.2) is 16.5 Å². The standard InChI is InChI=1S/C15H21N3O5/c19-13(16-8-11-6-7-12(23-11)14(20)21)9-17-15(22)18-10-4-2-1-3-5-10/h6-7,10H,1-5,8-9H2,(H,16,19)(H,20,21)(H2,17,18,22). The summed E-state index contributed by atoms with van der Waals surface area (Å²) in [6.07, 6.45) is 5.40. The van der Waals surface area contributed by atoms with Gasteiger partial charge in [0, 0.05) is 6.04 Å². The van der Waals surface area contributed by atoms with Gasteiger partial charge in [0.25, 0.3) is 0 Å². The van der Waals surface area contributed by atoms with Crippen molar-refractivity contribution < 1.29 is 23.9 Å². The van der Waals surface area contributed by atoms with Gasteiger partial charge in [-0.3, -0.25) is 4.79 Å². The van der Waals surface area contributed by atoms with Crippen LogP contribution < -0.4 is 16.0 Å². The van der Waals surface area contributed by atoms with Crippen LogP contribution >= 0.6 is 0 Å². The first-order chi connectivity index (χ1) is 11.0. The second kappa shape index (κ2) is 8.21. The molecule has 4 N–H and O–H groups in total. The largest absolute Gasteiger partial charge is 0.475 e. The van der Waals surface area contributed by atoms with E-state index >= 15 is 0 Å². The third-order valence-corrected chi connectivity index (χ3v) is 3.68. The van der Waals surface area contributed by atoms with Gasteiger partial charge in [0.15, 0.2) is 0 Å². The molecule has 23 heavy (non-hydrogen) atoms. The van der Waals surface area contributed by atoms with E-state index in [1.807, 2.05) is 0 Å². The number of rotatable bonds is 6. The van der Waals surface area contributed by atoms with Gasteiger partial charge >= 0.3 is 12.0 Å². The minimum absolute atomic E-state index is 0.0675. The fourth-order valence-corrected chi connectivity index (χ4v) is 2.48. The van der Waals surface area contributed by atoms with Crippen LogP contribution in [0.3, 0.4) is 0 Å². The molecule has 0 aliphatic heterocycles. The molecule has 1 aromatic heterocycles. The van der Waals surface area contributed by atoms with Crippen molar-refractivity contribution in [3.8, 4) is 0 Å². The molecule has 8 heteroatoms. The highest BCUT2D eigenvalue weighted by atomic mass is 16.4. The number of nitrogens with one attached hydrogen (secondary N) is 3. The molecule has 1 heterocycles. The SMILES string of the molecule is O=C(CNC(=O)NC1CCCCC1)NCc1ccc(C(=O)O)o1. The van der Waals surface area contributed by atoms with Crippen LogP contribution in [-0.4, -0.2) is 35.6 Å². The van der Waals surface area contributed by atoms with Crippen LogP contribution in [0.5, 0.6) is 0 Å². The zero-order valence-corrected chi connectivity index (χ0v) is 12.8. The Morgan fingerprint density at radius 2 is 1.87 bits per heavy atom. The van der Waals surface area contributed by atoms with Crippen molar-refractivity contribution in [3.63, 3.8) is 0 Å². The predicted octanol–water partition coefficient (Wildman–Crippen LogP) is 1.23. The summed E-state index contributed by atoms with van der Waals surface area (Å²) in [7, 11) is 0. The molecule has 0 bridgehead atoms. The van der Waals surface area contributed by atoms with Crippen molar-refractivity contribution in [3.05, 3.63) is 23.7 Å². The first-order valence-electron chi connectivity index (χ1n) is 7.67. The van der Waals surface area contributed by atoms with Crippen molar-refractivity contribution in [1.29, 1.82) is 0 Å². The lowest BCUT2D eigenvalue weighted by molar-refractivity contribution is -0.120. The summed E-state index contributed by atoms with van der Waals surface area (Å²) < 4.78 is 5.01. The van der Waals surface area contributed by atoms with Crippen molar-refractivity contribution in [1.82, 2.24) is 16.0 Å². The maximum Gasteiger partial charge on any atom is 0.371 e. The summed E-state index contributed by atoms with van der Waals surface area (Å²) in [6.45, 7) is -0.0803. The van der Waals surface area contributed by atoms with E-state index in [-0.39, 0.29) is 36.8 Å². The molecule has 0 unspecified atom stereocenters. The van der Waals surface area contributed by atoms with Gasteiger partial charge in [0.1, 0.15) is 5.76 Å². The highest BCUT2D eigenvalue weighted by Crippen LogP contribution is 2.17. The summed E-state index contributed by atoms with van der Waals surface area (Å²) in [5.74, 6) is -1.39. The highest BCUT2D eigenvalue weighted by molar-refractivity contribution is 5.85. The van der Waals surface area contributed by atoms with Gasteiger partial charge < -0.3 is 25.5 Å². The number of hydrogen-bond donors (Lipinski definition) is 4. The monoisotopic (exact) mass is 323 g/mol. The number of carbonyl (C=O) groups excluding carboxylic acids is 2. The molecule has 0 aromatic carbocycles. The van der Waals surface area contributed by atoms with Gasteiger partial charge in [-0.1, -0.05) is 19.3 Å². The Kier molecular flexibility index (Phi) is 6.02. The first kappa shape index (κ1) is 16.9. The minimum Gasteiger partial charge on any atom is -0.475 e. The van der Waals surface area contributed by atoms with E-state index in [9.17, 15) is 14.4 Å². The summed E-state index contributed by atoms with van der Waals surface area (Å²) >= 11 is 0. The van der Waals surface area contributed by atoms with E-state index in [4.69, 9.17) is 9.52 Å². The lowest BCUT2D eigenvalue weighted by Crippen LogP contribution is -2.46. The van der Waals surface area contributed by atoms with Crippen molar-refractivity contribution in [2.45, 2.75) is 44.7 Å². The van der Waals surface area contributed by atoms with Crippen LogP contribution in [-0.2, 0) is 11.3 Å². The molecule has 126 valence electrons. The first-order valence-corrected chi connectivity index (χ1v) is 7.67. The second-order valence-electron chi connectivity index (χ2n) is 5.51. The van der Waals surface area contributed by atoms with Crippen molar-refractivity contribution >= 4 is 17.9 Å². The fourth-order valence-electron chi connectivity index (χ4n) is 2.48. The Balaban J connectivity index is 1.64. The molecule has 8 nitrogen and oxygen atoms in total. The van der Waals surface area contributed by atoms with E-state index in [0.717, 1.165) is 25.7 Å². The molecule has 1 saturated carbocycles. The van der Waals surface area contributed by atoms with E-state index < -0.39 is 5.97 Å². The Hall–Kier alpha value is -2.51. The van der Waals surface area contributed by atoms with Crippen LogP contribution in [0.1, 0.15) is 48.4 Å². The molecular formula is C15H21N3O5. The molecule has 1 aliphatic carbocycles. The zero-order valence-electron chi connectivity index (χ0n) is 12.8. The summed E-state index contributed by atoms with van der Waals surface area (Å²) in [6, 6.07) is 2.63. The van der Waals surface area contributed by atoms with Crippen molar-refractivity contribution in [2.24, 2.45) is 0 Å². The van der Waals surface area contributed by atoms with Crippen LogP contribution in [0.25, 0.3) is 0 Å². The molecule has 1 fully saturated rings. The summed E-state index contributed by atoms with van der Waals surface area (Å²) in [5, 5.41) is 16.6. The van der Waals surface area contributed by atoms with E-state index in [2.05, 4.69) is 16.0 Å². The molecule has 2 rings (SSSR count). The molecule has 0 spiro atoms. The van der Waals surface area contributed by atoms with Crippen molar-refractivity contribution in [2.75, 3.05) is 6.54 Å². The number of carboxylic acids is 1.